The molecule has 2 fully saturated rings. The number of ether oxygens (including phenoxy) is 1. The first kappa shape index (κ1) is 31.8. The predicted octanol–water partition coefficient (Wildman–Crippen LogP) is 3.99. The number of hydrogen-bond donors (Lipinski definition) is 2. The molecule has 12 nitrogen and oxygen atoms in total. The van der Waals surface area contributed by atoms with Gasteiger partial charge in [0.2, 0.25) is 5.95 Å². The molecule has 0 bridgehead atoms. The Kier molecular flexibility index (Phi) is 9.18. The molecule has 5 heterocycles. The third-order valence-electron chi connectivity index (χ3n) is 8.37. The highest BCUT2D eigenvalue weighted by Crippen LogP contribution is 2.35. The molecule has 0 radical (unpaired) electrons. The summed E-state index contributed by atoms with van der Waals surface area (Å²) >= 11 is 5.82. The van der Waals surface area contributed by atoms with E-state index in [0.717, 1.165) is 49.6 Å². The quantitative estimate of drug-likeness (QED) is 0.258. The lowest BCUT2D eigenvalue weighted by Gasteiger charge is -2.42. The number of β-amino-alcohol motifs (C(OH)–C–C–N with tert-alkyl or cyclic N) is 1. The monoisotopic (exact) mass is 657 g/mol. The van der Waals surface area contributed by atoms with E-state index in [1.807, 2.05) is 6.92 Å². The van der Waals surface area contributed by atoms with Gasteiger partial charge in [0.15, 0.2) is 5.82 Å². The van der Waals surface area contributed by atoms with Crippen LogP contribution >= 0.6 is 11.6 Å². The zero-order valence-corrected chi connectivity index (χ0v) is 25.7. The molecule has 2 saturated heterocycles. The largest absolute Gasteiger partial charge is 0.389 e. The van der Waals surface area contributed by atoms with Crippen LogP contribution < -0.4 is 10.2 Å². The van der Waals surface area contributed by atoms with Gasteiger partial charge in [-0.1, -0.05) is 17.7 Å². The molecule has 1 amide bonds. The van der Waals surface area contributed by atoms with Gasteiger partial charge in [0.05, 0.1) is 53.2 Å². The summed E-state index contributed by atoms with van der Waals surface area (Å²) in [6.07, 6.45) is 6.13. The fourth-order valence-electron chi connectivity index (χ4n) is 5.67. The van der Waals surface area contributed by atoms with Crippen LogP contribution in [-0.2, 0) is 4.74 Å². The summed E-state index contributed by atoms with van der Waals surface area (Å²) in [5.74, 6) is -1.14. The van der Waals surface area contributed by atoms with Crippen LogP contribution in [0.1, 0.15) is 47.4 Å². The summed E-state index contributed by atoms with van der Waals surface area (Å²) in [4.78, 5) is 34.5. The summed E-state index contributed by atoms with van der Waals surface area (Å²) in [5, 5.41) is 16.8. The first-order chi connectivity index (χ1) is 22.1. The second-order valence-electron chi connectivity index (χ2n) is 11.3. The number of aliphatic hydroxyl groups excluding tert-OH is 1. The Bertz CT molecular complexity index is 1710. The van der Waals surface area contributed by atoms with Crippen LogP contribution in [0.4, 0.5) is 24.8 Å². The van der Waals surface area contributed by atoms with Gasteiger partial charge < -0.3 is 20.1 Å². The number of aliphatic hydroxyl groups is 1. The minimum atomic E-state index is -3.00. The Morgan fingerprint density at radius 1 is 1.17 bits per heavy atom. The van der Waals surface area contributed by atoms with E-state index in [1.54, 1.807) is 30.4 Å². The molecule has 2 aliphatic rings. The molecule has 0 saturated carbocycles. The van der Waals surface area contributed by atoms with Crippen LogP contribution in [-0.4, -0.2) is 97.2 Å². The number of alkyl halides is 2. The number of halogens is 4. The highest BCUT2D eigenvalue weighted by molar-refractivity contribution is 6.31. The molecule has 3 aromatic heterocycles. The summed E-state index contributed by atoms with van der Waals surface area (Å²) in [5.41, 5.74) is -0.468. The molecular formula is C30H31ClF3N9O3. The Hall–Kier alpha value is -4.18. The average Bonchev–Trinajstić information content (AvgIpc) is 3.66. The van der Waals surface area contributed by atoms with Gasteiger partial charge >= 0.3 is 0 Å². The maximum atomic E-state index is 14.7. The van der Waals surface area contributed by atoms with Gasteiger partial charge in [0.1, 0.15) is 5.69 Å². The molecule has 46 heavy (non-hydrogen) atoms. The van der Waals surface area contributed by atoms with Gasteiger partial charge in [-0.3, -0.25) is 19.4 Å². The molecular weight excluding hydrogens is 627 g/mol. The van der Waals surface area contributed by atoms with Crippen LogP contribution in [0.15, 0.2) is 49.3 Å². The van der Waals surface area contributed by atoms with Crippen molar-refractivity contribution >= 4 is 29.1 Å². The number of methoxy groups -OCH3 is 1. The van der Waals surface area contributed by atoms with Gasteiger partial charge in [-0.15, -0.1) is 0 Å². The van der Waals surface area contributed by atoms with Crippen LogP contribution in [0.3, 0.4) is 0 Å². The predicted molar refractivity (Wildman–Crippen MR) is 162 cm³/mol. The number of rotatable bonds is 10. The van der Waals surface area contributed by atoms with Gasteiger partial charge in [0.25, 0.3) is 12.3 Å². The number of amides is 1. The van der Waals surface area contributed by atoms with E-state index in [4.69, 9.17) is 16.3 Å². The first-order valence-corrected chi connectivity index (χ1v) is 15.0. The van der Waals surface area contributed by atoms with Gasteiger partial charge in [-0.05, 0) is 19.4 Å². The number of hydrogen-bond acceptors (Lipinski definition) is 10. The minimum absolute atomic E-state index is 0.171. The number of carbonyl (C=O) groups excluding carboxylic acids is 1. The maximum Gasteiger partial charge on any atom is 0.275 e. The number of nitrogens with one attached hydrogen (secondary N) is 1. The number of aromatic nitrogens is 6. The van der Waals surface area contributed by atoms with Crippen molar-refractivity contribution in [1.82, 2.24) is 34.6 Å². The average molecular weight is 658 g/mol. The smallest absolute Gasteiger partial charge is 0.275 e. The zero-order valence-electron chi connectivity index (χ0n) is 24.9. The van der Waals surface area contributed by atoms with E-state index in [2.05, 4.69) is 40.2 Å². The van der Waals surface area contributed by atoms with Gasteiger partial charge in [-0.2, -0.15) is 5.10 Å². The molecule has 6 rings (SSSR count). The number of anilines is 2. The second kappa shape index (κ2) is 13.3. The lowest BCUT2D eigenvalue weighted by Crippen LogP contribution is -2.54. The highest BCUT2D eigenvalue weighted by atomic mass is 35.5. The molecule has 1 unspecified atom stereocenters. The molecule has 0 spiro atoms. The molecule has 2 aliphatic heterocycles. The van der Waals surface area contributed by atoms with Crippen molar-refractivity contribution in [2.24, 2.45) is 0 Å². The second-order valence-corrected chi connectivity index (χ2v) is 11.7. The van der Waals surface area contributed by atoms with Crippen LogP contribution in [0.2, 0.25) is 5.02 Å². The summed E-state index contributed by atoms with van der Waals surface area (Å²) in [7, 11) is 1.61. The van der Waals surface area contributed by atoms with E-state index in [-0.39, 0.29) is 34.6 Å². The fourth-order valence-corrected chi connectivity index (χ4v) is 5.82. The number of carbonyl (C=O) groups is 1. The molecule has 0 aliphatic carbocycles. The lowest BCUT2D eigenvalue weighted by atomic mass is 10.0. The Balaban J connectivity index is 1.09. The number of benzene rings is 1. The van der Waals surface area contributed by atoms with Crippen LogP contribution in [0.5, 0.6) is 0 Å². The summed E-state index contributed by atoms with van der Waals surface area (Å²) in [6.45, 7) is 4.82. The van der Waals surface area contributed by atoms with Gasteiger partial charge in [0, 0.05) is 74.6 Å². The summed E-state index contributed by atoms with van der Waals surface area (Å²) < 4.78 is 48.9. The Morgan fingerprint density at radius 2 is 1.96 bits per heavy atom. The maximum absolute atomic E-state index is 14.7. The molecule has 4 atom stereocenters. The third-order valence-corrected chi connectivity index (χ3v) is 8.66. The molecule has 242 valence electrons. The third kappa shape index (κ3) is 6.40. The Morgan fingerprint density at radius 3 is 2.63 bits per heavy atom. The van der Waals surface area contributed by atoms with E-state index >= 15 is 0 Å². The zero-order chi connectivity index (χ0) is 32.5. The van der Waals surface area contributed by atoms with Crippen molar-refractivity contribution in [3.8, 4) is 11.3 Å². The topological polar surface area (TPSA) is 134 Å². The van der Waals surface area contributed by atoms with Crippen molar-refractivity contribution in [3.63, 3.8) is 0 Å². The molecule has 2 N–H and O–H groups in total. The first-order valence-electron chi connectivity index (χ1n) is 14.6. The molecule has 1 aromatic carbocycles. The van der Waals surface area contributed by atoms with Crippen molar-refractivity contribution < 1.29 is 27.8 Å². The normalized spacial score (nSPS) is 20.6. The van der Waals surface area contributed by atoms with Crippen LogP contribution in [0, 0.1) is 5.82 Å². The van der Waals surface area contributed by atoms with E-state index in [1.165, 1.54) is 6.20 Å². The SMILES string of the molecule is CO[C@H]1CN(C[C@@H]2CCN2c2ncc(C(C)n3cc(NC(=O)c4cncc(-c5c(C(F)F)ccc(Cl)c5F)n4)cn3)cn2)C[C@@H]1O. The molecule has 16 heteroatoms. The Labute approximate surface area is 267 Å². The minimum Gasteiger partial charge on any atom is -0.389 e. The van der Waals surface area contributed by atoms with Crippen molar-refractivity contribution in [3.05, 3.63) is 77.0 Å². The standard InChI is InChI=1S/C30H31ClF3N9O3/c1-16(17-7-36-30(37-8-17)42-6-5-19(42)13-41-14-24(44)25(15-41)46-2)43-12-18(9-38-43)39-29(45)23-11-35-10-22(40-23)26-20(28(33)34)3-4-21(31)27(26)32/h3-4,7-12,16,19,24-25,28,44H,5-6,13-15H2,1-2H3,(H,39,45)/t16?,19-,24-,25-/m0/s1. The van der Waals surface area contributed by atoms with Gasteiger partial charge in [-0.25, -0.2) is 28.1 Å². The van der Waals surface area contributed by atoms with Crippen molar-refractivity contribution in [2.75, 3.05) is 43.5 Å². The summed E-state index contributed by atoms with van der Waals surface area (Å²) in [6, 6.07) is 2.03. The lowest BCUT2D eigenvalue weighted by molar-refractivity contribution is 0.0214. The fraction of sp³-hybridized carbons (Fsp3) is 0.400. The highest BCUT2D eigenvalue weighted by Gasteiger charge is 2.37. The van der Waals surface area contributed by atoms with E-state index in [0.29, 0.717) is 24.7 Å². The van der Waals surface area contributed by atoms with Crippen molar-refractivity contribution in [1.29, 1.82) is 0 Å². The number of likely N-dealkylation sites (tertiary alicyclic amines) is 1. The van der Waals surface area contributed by atoms with Crippen molar-refractivity contribution in [2.45, 2.75) is 44.1 Å². The van der Waals surface area contributed by atoms with Crippen LogP contribution in [0.25, 0.3) is 11.3 Å². The van der Waals surface area contributed by atoms with E-state index in [9.17, 15) is 23.1 Å². The number of nitrogens with zero attached hydrogens (tertiary/aromatic N) is 8. The molecule has 4 aromatic rings. The van der Waals surface area contributed by atoms with E-state index < -0.39 is 35.4 Å².